The number of carbonyl (C=O) groups is 1. The van der Waals surface area contributed by atoms with E-state index in [0.717, 1.165) is 5.56 Å². The number of hydrogen-bond acceptors (Lipinski definition) is 2. The van der Waals surface area contributed by atoms with E-state index in [-0.39, 0.29) is 11.4 Å². The largest absolute Gasteiger partial charge is 0.349 e. The molecule has 0 saturated heterocycles. The van der Waals surface area contributed by atoms with Gasteiger partial charge < -0.3 is 11.1 Å². The Morgan fingerprint density at radius 2 is 1.78 bits per heavy atom. The van der Waals surface area contributed by atoms with Crippen LogP contribution in [0.4, 0.5) is 0 Å². The Morgan fingerprint density at radius 1 is 1.22 bits per heavy atom. The van der Waals surface area contributed by atoms with Crippen molar-refractivity contribution in [3.8, 4) is 0 Å². The van der Waals surface area contributed by atoms with Gasteiger partial charge in [-0.25, -0.2) is 0 Å². The topological polar surface area (TPSA) is 55.1 Å². The van der Waals surface area contributed by atoms with E-state index in [2.05, 4.69) is 19.2 Å². The summed E-state index contributed by atoms with van der Waals surface area (Å²) in [4.78, 5) is 12.4. The maximum Gasteiger partial charge on any atom is 0.244 e. The molecule has 1 saturated carbocycles. The molecule has 1 aliphatic carbocycles. The number of carbonyl (C=O) groups excluding carboxylic acids is 1. The number of nitrogens with two attached hydrogens (primary N) is 1. The molecule has 1 aliphatic rings. The first-order chi connectivity index (χ1) is 8.34. The number of hydrogen-bond donors (Lipinski definition) is 2. The maximum atomic E-state index is 12.4. The summed E-state index contributed by atoms with van der Waals surface area (Å²) in [6.45, 7) is 5.91. The Balaban J connectivity index is 2.12. The molecule has 3 heteroatoms. The van der Waals surface area contributed by atoms with E-state index in [1.54, 1.807) is 6.92 Å². The summed E-state index contributed by atoms with van der Waals surface area (Å²) in [5.74, 6) is 0.485. The molecule has 18 heavy (non-hydrogen) atoms. The zero-order chi connectivity index (χ0) is 13.4. The lowest BCUT2D eigenvalue weighted by Crippen LogP contribution is -2.56. The molecule has 2 rings (SSSR count). The predicted molar refractivity (Wildman–Crippen MR) is 72.9 cm³/mol. The molecule has 3 N–H and O–H groups in total. The first-order valence-electron chi connectivity index (χ1n) is 6.51. The summed E-state index contributed by atoms with van der Waals surface area (Å²) < 4.78 is 0. The van der Waals surface area contributed by atoms with Crippen LogP contribution in [0.1, 0.15) is 39.2 Å². The van der Waals surface area contributed by atoms with Crippen molar-refractivity contribution >= 4 is 5.91 Å². The second kappa shape index (κ2) is 4.39. The lowest BCUT2D eigenvalue weighted by molar-refractivity contribution is -0.128. The fourth-order valence-electron chi connectivity index (χ4n) is 2.24. The molecular weight excluding hydrogens is 224 g/mol. The molecular formula is C15H22N2O. The van der Waals surface area contributed by atoms with Crippen LogP contribution >= 0.6 is 0 Å². The molecule has 0 aliphatic heterocycles. The van der Waals surface area contributed by atoms with Gasteiger partial charge >= 0.3 is 0 Å². The highest BCUT2D eigenvalue weighted by Crippen LogP contribution is 2.39. The van der Waals surface area contributed by atoms with E-state index in [4.69, 9.17) is 5.73 Å². The highest BCUT2D eigenvalue weighted by molar-refractivity contribution is 5.87. The molecule has 1 aromatic carbocycles. The van der Waals surface area contributed by atoms with Crippen LogP contribution in [0.5, 0.6) is 0 Å². The molecule has 0 radical (unpaired) electrons. The minimum Gasteiger partial charge on any atom is -0.349 e. The van der Waals surface area contributed by atoms with Crippen LogP contribution in [0, 0.1) is 5.92 Å². The summed E-state index contributed by atoms with van der Waals surface area (Å²) in [6, 6.07) is 9.51. The molecule has 1 aromatic rings. The third-order valence-electron chi connectivity index (χ3n) is 3.88. The molecule has 0 spiro atoms. The summed E-state index contributed by atoms with van der Waals surface area (Å²) in [5, 5.41) is 3.09. The van der Waals surface area contributed by atoms with Gasteiger partial charge in [0.1, 0.15) is 5.54 Å². The zero-order valence-electron chi connectivity index (χ0n) is 11.4. The minimum atomic E-state index is -0.979. The van der Waals surface area contributed by atoms with Crippen LogP contribution in [0.2, 0.25) is 0 Å². The Labute approximate surface area is 109 Å². The van der Waals surface area contributed by atoms with Gasteiger partial charge in [-0.3, -0.25) is 4.79 Å². The molecule has 98 valence electrons. The highest BCUT2D eigenvalue weighted by Gasteiger charge is 2.41. The smallest absolute Gasteiger partial charge is 0.244 e. The van der Waals surface area contributed by atoms with Gasteiger partial charge in [0.2, 0.25) is 5.91 Å². The Bertz CT molecular complexity index is 433. The van der Waals surface area contributed by atoms with Crippen molar-refractivity contribution in [3.05, 3.63) is 35.9 Å². The number of nitrogens with one attached hydrogen (secondary N) is 1. The lowest BCUT2D eigenvalue weighted by atomic mass is 9.90. The van der Waals surface area contributed by atoms with E-state index in [1.807, 2.05) is 30.3 Å². The molecule has 1 amide bonds. The number of benzene rings is 1. The summed E-state index contributed by atoms with van der Waals surface area (Å²) in [5.41, 5.74) is 5.90. The van der Waals surface area contributed by atoms with Crippen molar-refractivity contribution in [2.75, 3.05) is 0 Å². The molecule has 1 atom stereocenters. The van der Waals surface area contributed by atoms with E-state index in [9.17, 15) is 4.79 Å². The Hall–Kier alpha value is -1.35. The van der Waals surface area contributed by atoms with E-state index >= 15 is 0 Å². The van der Waals surface area contributed by atoms with Gasteiger partial charge in [0, 0.05) is 5.54 Å². The molecule has 0 heterocycles. The van der Waals surface area contributed by atoms with Crippen LogP contribution in [0.25, 0.3) is 0 Å². The van der Waals surface area contributed by atoms with Crippen LogP contribution in [0.3, 0.4) is 0 Å². The zero-order valence-corrected chi connectivity index (χ0v) is 11.4. The van der Waals surface area contributed by atoms with Gasteiger partial charge in [-0.05, 0) is 45.1 Å². The van der Waals surface area contributed by atoms with E-state index in [0.29, 0.717) is 5.92 Å². The van der Waals surface area contributed by atoms with Gasteiger partial charge in [0.15, 0.2) is 0 Å². The molecule has 1 fully saturated rings. The van der Waals surface area contributed by atoms with Crippen molar-refractivity contribution in [1.82, 2.24) is 5.32 Å². The Morgan fingerprint density at radius 3 is 2.28 bits per heavy atom. The first-order valence-corrected chi connectivity index (χ1v) is 6.51. The van der Waals surface area contributed by atoms with Gasteiger partial charge in [-0.15, -0.1) is 0 Å². The van der Waals surface area contributed by atoms with Crippen molar-refractivity contribution in [2.24, 2.45) is 11.7 Å². The summed E-state index contributed by atoms with van der Waals surface area (Å²) >= 11 is 0. The first kappa shape index (κ1) is 13.1. The average Bonchev–Trinajstić information content (AvgIpc) is 3.13. The van der Waals surface area contributed by atoms with Gasteiger partial charge in [-0.2, -0.15) is 0 Å². The van der Waals surface area contributed by atoms with Gasteiger partial charge in [0.25, 0.3) is 0 Å². The summed E-state index contributed by atoms with van der Waals surface area (Å²) in [6.07, 6.45) is 2.39. The fourth-order valence-corrected chi connectivity index (χ4v) is 2.24. The fraction of sp³-hybridized carbons (Fsp3) is 0.533. The minimum absolute atomic E-state index is 0.106. The van der Waals surface area contributed by atoms with Crippen LogP contribution < -0.4 is 11.1 Å². The standard InChI is InChI=1S/C15H22N2O/c1-14(2,11-9-10-11)17-13(18)15(3,16)12-7-5-4-6-8-12/h4-8,11H,9-10,16H2,1-3H3,(H,17,18). The quantitative estimate of drug-likeness (QED) is 0.855. The van der Waals surface area contributed by atoms with Crippen LogP contribution in [-0.4, -0.2) is 11.4 Å². The van der Waals surface area contributed by atoms with Crippen molar-refractivity contribution < 1.29 is 4.79 Å². The van der Waals surface area contributed by atoms with E-state index in [1.165, 1.54) is 12.8 Å². The van der Waals surface area contributed by atoms with Crippen LogP contribution in [0.15, 0.2) is 30.3 Å². The summed E-state index contributed by atoms with van der Waals surface area (Å²) in [7, 11) is 0. The third kappa shape index (κ3) is 2.56. The average molecular weight is 246 g/mol. The molecule has 1 unspecified atom stereocenters. The maximum absolute atomic E-state index is 12.4. The third-order valence-corrected chi connectivity index (χ3v) is 3.88. The normalized spacial score (nSPS) is 19.1. The van der Waals surface area contributed by atoms with Crippen molar-refractivity contribution in [3.63, 3.8) is 0 Å². The second-order valence-electron chi connectivity index (χ2n) is 6.02. The van der Waals surface area contributed by atoms with E-state index < -0.39 is 5.54 Å². The predicted octanol–water partition coefficient (Wildman–Crippen LogP) is 2.17. The monoisotopic (exact) mass is 246 g/mol. The number of amides is 1. The van der Waals surface area contributed by atoms with Crippen LogP contribution in [-0.2, 0) is 10.3 Å². The highest BCUT2D eigenvalue weighted by atomic mass is 16.2. The number of rotatable bonds is 4. The molecule has 0 aromatic heterocycles. The SMILES string of the molecule is CC(N)(C(=O)NC(C)(C)C1CC1)c1ccccc1. The lowest BCUT2D eigenvalue weighted by Gasteiger charge is -2.32. The molecule has 0 bridgehead atoms. The second-order valence-corrected chi connectivity index (χ2v) is 6.02. The van der Waals surface area contributed by atoms with Gasteiger partial charge in [0.05, 0.1) is 0 Å². The van der Waals surface area contributed by atoms with Crippen molar-refractivity contribution in [1.29, 1.82) is 0 Å². The van der Waals surface area contributed by atoms with Gasteiger partial charge in [-0.1, -0.05) is 30.3 Å². The molecule has 3 nitrogen and oxygen atoms in total. The van der Waals surface area contributed by atoms with Crippen molar-refractivity contribution in [2.45, 2.75) is 44.7 Å². The Kier molecular flexibility index (Phi) is 3.20.